The summed E-state index contributed by atoms with van der Waals surface area (Å²) in [6, 6.07) is -1.17. The maximum absolute atomic E-state index is 11.8. The summed E-state index contributed by atoms with van der Waals surface area (Å²) in [5, 5.41) is 0. The molecular formula is C6H13F2NO. The fourth-order valence-electron chi connectivity index (χ4n) is 0.579. The zero-order valence-corrected chi connectivity index (χ0v) is 6.18. The van der Waals surface area contributed by atoms with Crippen LogP contribution in [0.3, 0.4) is 0 Å². The second-order valence-corrected chi connectivity index (χ2v) is 2.07. The summed E-state index contributed by atoms with van der Waals surface area (Å²) >= 11 is 0. The van der Waals surface area contributed by atoms with Gasteiger partial charge in [-0.2, -0.15) is 0 Å². The second-order valence-electron chi connectivity index (χ2n) is 2.07. The molecule has 0 radical (unpaired) electrons. The molecule has 4 heteroatoms. The SMILES string of the molecule is CCOC(C)C(N)C(F)F. The molecule has 0 spiro atoms. The molecule has 0 saturated carbocycles. The van der Waals surface area contributed by atoms with E-state index in [1.807, 2.05) is 0 Å². The lowest BCUT2D eigenvalue weighted by molar-refractivity contribution is -0.000277. The van der Waals surface area contributed by atoms with Crippen LogP contribution in [-0.2, 0) is 4.74 Å². The van der Waals surface area contributed by atoms with Crippen LogP contribution in [-0.4, -0.2) is 25.2 Å². The largest absolute Gasteiger partial charge is 0.377 e. The number of hydrogen-bond donors (Lipinski definition) is 1. The molecule has 0 aliphatic heterocycles. The van der Waals surface area contributed by atoms with Crippen molar-refractivity contribution in [2.24, 2.45) is 5.73 Å². The molecule has 10 heavy (non-hydrogen) atoms. The maximum Gasteiger partial charge on any atom is 0.256 e. The van der Waals surface area contributed by atoms with Crippen LogP contribution in [0.1, 0.15) is 13.8 Å². The molecule has 2 unspecified atom stereocenters. The number of rotatable bonds is 4. The predicted octanol–water partition coefficient (Wildman–Crippen LogP) is 1.00. The highest BCUT2D eigenvalue weighted by atomic mass is 19.3. The van der Waals surface area contributed by atoms with E-state index >= 15 is 0 Å². The smallest absolute Gasteiger partial charge is 0.256 e. The molecule has 0 aliphatic carbocycles. The molecule has 0 aliphatic rings. The van der Waals surface area contributed by atoms with E-state index in [2.05, 4.69) is 0 Å². The van der Waals surface area contributed by atoms with Gasteiger partial charge >= 0.3 is 0 Å². The van der Waals surface area contributed by atoms with Crippen LogP contribution in [0, 0.1) is 0 Å². The molecule has 2 atom stereocenters. The van der Waals surface area contributed by atoms with Gasteiger partial charge < -0.3 is 10.5 Å². The van der Waals surface area contributed by atoms with E-state index < -0.39 is 18.6 Å². The maximum atomic E-state index is 11.8. The van der Waals surface area contributed by atoms with Gasteiger partial charge in [0.1, 0.15) is 0 Å². The summed E-state index contributed by atoms with van der Waals surface area (Å²) in [5.41, 5.74) is 5.07. The Labute approximate surface area is 59.3 Å². The highest BCUT2D eigenvalue weighted by molar-refractivity contribution is 4.70. The molecule has 0 fully saturated rings. The molecule has 0 amide bonds. The standard InChI is InChI=1S/C6H13F2NO/c1-3-10-4(2)5(9)6(7)8/h4-6H,3,9H2,1-2H3. The minimum absolute atomic E-state index is 0.418. The van der Waals surface area contributed by atoms with Gasteiger partial charge in [0.2, 0.25) is 0 Å². The van der Waals surface area contributed by atoms with Crippen molar-refractivity contribution < 1.29 is 13.5 Å². The summed E-state index contributed by atoms with van der Waals surface area (Å²) in [5.74, 6) is 0. The van der Waals surface area contributed by atoms with E-state index in [1.165, 1.54) is 0 Å². The average molecular weight is 153 g/mol. The number of ether oxygens (including phenoxy) is 1. The lowest BCUT2D eigenvalue weighted by atomic mass is 10.2. The molecule has 0 aromatic rings. The van der Waals surface area contributed by atoms with E-state index in [0.717, 1.165) is 0 Å². The predicted molar refractivity (Wildman–Crippen MR) is 35.1 cm³/mol. The minimum atomic E-state index is -2.50. The van der Waals surface area contributed by atoms with Crippen LogP contribution in [0.2, 0.25) is 0 Å². The highest BCUT2D eigenvalue weighted by Crippen LogP contribution is 2.05. The first kappa shape index (κ1) is 9.78. The van der Waals surface area contributed by atoms with Crippen molar-refractivity contribution in [3.63, 3.8) is 0 Å². The minimum Gasteiger partial charge on any atom is -0.377 e. The Morgan fingerprint density at radius 3 is 2.30 bits per heavy atom. The van der Waals surface area contributed by atoms with Gasteiger partial charge in [-0.1, -0.05) is 0 Å². The van der Waals surface area contributed by atoms with Crippen LogP contribution < -0.4 is 5.73 Å². The van der Waals surface area contributed by atoms with Crippen molar-refractivity contribution in [3.05, 3.63) is 0 Å². The van der Waals surface area contributed by atoms with E-state index in [-0.39, 0.29) is 0 Å². The number of nitrogens with two attached hydrogens (primary N) is 1. The lowest BCUT2D eigenvalue weighted by Crippen LogP contribution is -2.40. The first-order valence-corrected chi connectivity index (χ1v) is 3.25. The first-order valence-electron chi connectivity index (χ1n) is 3.25. The monoisotopic (exact) mass is 153 g/mol. The Hall–Kier alpha value is -0.220. The zero-order valence-electron chi connectivity index (χ0n) is 6.18. The van der Waals surface area contributed by atoms with Crippen molar-refractivity contribution in [1.82, 2.24) is 0 Å². The molecule has 0 aromatic carbocycles. The summed E-state index contributed by atoms with van der Waals surface area (Å²) in [6.45, 7) is 3.70. The van der Waals surface area contributed by atoms with Gasteiger partial charge in [0, 0.05) is 6.61 Å². The third-order valence-electron chi connectivity index (χ3n) is 1.26. The molecule has 0 bridgehead atoms. The lowest BCUT2D eigenvalue weighted by Gasteiger charge is -2.18. The second kappa shape index (κ2) is 4.57. The van der Waals surface area contributed by atoms with Gasteiger partial charge in [-0.05, 0) is 13.8 Å². The third-order valence-corrected chi connectivity index (χ3v) is 1.26. The summed E-state index contributed by atoms with van der Waals surface area (Å²) < 4.78 is 28.5. The van der Waals surface area contributed by atoms with Crippen molar-refractivity contribution >= 4 is 0 Å². The number of hydrogen-bond acceptors (Lipinski definition) is 2. The zero-order chi connectivity index (χ0) is 8.15. The van der Waals surface area contributed by atoms with Gasteiger partial charge in [-0.15, -0.1) is 0 Å². The Morgan fingerprint density at radius 2 is 2.00 bits per heavy atom. The molecule has 0 aromatic heterocycles. The summed E-state index contributed by atoms with van der Waals surface area (Å²) in [7, 11) is 0. The Morgan fingerprint density at radius 1 is 1.50 bits per heavy atom. The van der Waals surface area contributed by atoms with Crippen molar-refractivity contribution in [1.29, 1.82) is 0 Å². The van der Waals surface area contributed by atoms with Crippen molar-refractivity contribution in [3.8, 4) is 0 Å². The van der Waals surface area contributed by atoms with Gasteiger partial charge in [0.25, 0.3) is 6.43 Å². The van der Waals surface area contributed by atoms with Crippen LogP contribution >= 0.6 is 0 Å². The molecule has 0 heterocycles. The van der Waals surface area contributed by atoms with Crippen LogP contribution in [0.5, 0.6) is 0 Å². The van der Waals surface area contributed by atoms with Gasteiger partial charge in [-0.3, -0.25) is 0 Å². The Kier molecular flexibility index (Phi) is 4.47. The quantitative estimate of drug-likeness (QED) is 0.654. The van der Waals surface area contributed by atoms with Gasteiger partial charge in [0.05, 0.1) is 12.1 Å². The van der Waals surface area contributed by atoms with Crippen molar-refractivity contribution in [2.45, 2.75) is 32.4 Å². The van der Waals surface area contributed by atoms with E-state index in [0.29, 0.717) is 6.61 Å². The number of alkyl halides is 2. The first-order chi connectivity index (χ1) is 4.59. The summed E-state index contributed by atoms with van der Waals surface area (Å²) in [4.78, 5) is 0. The molecule has 2 nitrogen and oxygen atoms in total. The van der Waals surface area contributed by atoms with Gasteiger partial charge in [-0.25, -0.2) is 8.78 Å². The summed E-state index contributed by atoms with van der Waals surface area (Å²) in [6.07, 6.45) is -3.06. The van der Waals surface area contributed by atoms with E-state index in [4.69, 9.17) is 10.5 Å². The fourth-order valence-corrected chi connectivity index (χ4v) is 0.579. The fraction of sp³-hybridized carbons (Fsp3) is 1.00. The van der Waals surface area contributed by atoms with Gasteiger partial charge in [0.15, 0.2) is 0 Å². The molecule has 0 rings (SSSR count). The highest BCUT2D eigenvalue weighted by Gasteiger charge is 2.22. The van der Waals surface area contributed by atoms with Crippen LogP contribution in [0.25, 0.3) is 0 Å². The Bertz CT molecular complexity index is 89.8. The Balaban J connectivity index is 3.58. The molecule has 2 N–H and O–H groups in total. The topological polar surface area (TPSA) is 35.2 Å². The molecule has 62 valence electrons. The van der Waals surface area contributed by atoms with E-state index in [1.54, 1.807) is 13.8 Å². The molecule has 0 saturated heterocycles. The van der Waals surface area contributed by atoms with Crippen molar-refractivity contribution in [2.75, 3.05) is 6.61 Å². The third kappa shape index (κ3) is 3.08. The number of halogens is 2. The van der Waals surface area contributed by atoms with Crippen LogP contribution in [0.15, 0.2) is 0 Å². The van der Waals surface area contributed by atoms with Crippen LogP contribution in [0.4, 0.5) is 8.78 Å². The normalized spacial score (nSPS) is 17.4. The molecular weight excluding hydrogens is 140 g/mol. The average Bonchev–Trinajstić information content (AvgIpc) is 1.87. The van der Waals surface area contributed by atoms with E-state index in [9.17, 15) is 8.78 Å².